The van der Waals surface area contributed by atoms with Gasteiger partial charge < -0.3 is 10.1 Å². The van der Waals surface area contributed by atoms with E-state index in [1.807, 2.05) is 0 Å². The van der Waals surface area contributed by atoms with E-state index >= 15 is 0 Å². The van der Waals surface area contributed by atoms with Gasteiger partial charge in [0.1, 0.15) is 11.1 Å². The summed E-state index contributed by atoms with van der Waals surface area (Å²) >= 11 is 13.4. The number of esters is 1. The van der Waals surface area contributed by atoms with Gasteiger partial charge in [-0.3, -0.25) is 9.59 Å². The number of ether oxygens (including phenoxy) is 1. The summed E-state index contributed by atoms with van der Waals surface area (Å²) in [4.78, 5) is 25.1. The molecule has 1 aromatic heterocycles. The standard InChI is InChI=1S/C18H14Cl2N2O3S/c19-13-4-2-5-14(20)11(13)7-17(24)25-9-16(23)22-18-12(8-21)10-3-1-6-15(10)26-18/h2,4-5H,1,3,6-7,9H2,(H,22,23). The number of fused-ring (bicyclic) bond motifs is 1. The van der Waals surface area contributed by atoms with Crippen molar-refractivity contribution < 1.29 is 14.3 Å². The molecule has 26 heavy (non-hydrogen) atoms. The van der Waals surface area contributed by atoms with Crippen molar-refractivity contribution in [3.8, 4) is 6.07 Å². The number of hydrogen-bond donors (Lipinski definition) is 1. The molecule has 134 valence electrons. The summed E-state index contributed by atoms with van der Waals surface area (Å²) < 4.78 is 4.99. The molecule has 0 atom stereocenters. The van der Waals surface area contributed by atoms with Crippen LogP contribution in [0.1, 0.15) is 28.0 Å². The normalized spacial score (nSPS) is 12.3. The van der Waals surface area contributed by atoms with Crippen LogP contribution in [0.15, 0.2) is 18.2 Å². The first-order valence-electron chi connectivity index (χ1n) is 7.92. The quantitative estimate of drug-likeness (QED) is 0.753. The Hall–Kier alpha value is -2.07. The van der Waals surface area contributed by atoms with Crippen LogP contribution >= 0.6 is 34.5 Å². The summed E-state index contributed by atoms with van der Waals surface area (Å²) in [5.41, 5.74) is 2.01. The second-order valence-corrected chi connectivity index (χ2v) is 7.68. The number of thiophene rings is 1. The lowest BCUT2D eigenvalue weighted by molar-refractivity contribution is -0.146. The second-order valence-electron chi connectivity index (χ2n) is 5.76. The van der Waals surface area contributed by atoms with Crippen LogP contribution in [-0.2, 0) is 33.6 Å². The van der Waals surface area contributed by atoms with E-state index in [2.05, 4.69) is 11.4 Å². The molecule has 1 amide bonds. The average molecular weight is 409 g/mol. The van der Waals surface area contributed by atoms with Crippen molar-refractivity contribution in [3.63, 3.8) is 0 Å². The van der Waals surface area contributed by atoms with Crippen LogP contribution in [0.5, 0.6) is 0 Å². The monoisotopic (exact) mass is 408 g/mol. The lowest BCUT2D eigenvalue weighted by Gasteiger charge is -2.08. The maximum absolute atomic E-state index is 12.1. The largest absolute Gasteiger partial charge is 0.455 e. The summed E-state index contributed by atoms with van der Waals surface area (Å²) in [6.45, 7) is -0.436. The van der Waals surface area contributed by atoms with E-state index < -0.39 is 18.5 Å². The summed E-state index contributed by atoms with van der Waals surface area (Å²) in [6, 6.07) is 7.08. The van der Waals surface area contributed by atoms with Gasteiger partial charge in [0.15, 0.2) is 6.61 Å². The number of nitriles is 1. The number of halogens is 2. The minimum atomic E-state index is -0.607. The molecule has 1 N–H and O–H groups in total. The van der Waals surface area contributed by atoms with Gasteiger partial charge in [-0.05, 0) is 37.0 Å². The first-order chi connectivity index (χ1) is 12.5. The number of carbonyl (C=O) groups is 2. The van der Waals surface area contributed by atoms with Gasteiger partial charge in [0.2, 0.25) is 0 Å². The zero-order chi connectivity index (χ0) is 18.7. The molecule has 2 aromatic rings. The average Bonchev–Trinajstić information content (AvgIpc) is 3.17. The summed E-state index contributed by atoms with van der Waals surface area (Å²) in [5.74, 6) is -1.09. The fourth-order valence-corrected chi connectivity index (χ4v) is 4.60. The van der Waals surface area contributed by atoms with Crippen LogP contribution in [0.25, 0.3) is 0 Å². The highest BCUT2D eigenvalue weighted by atomic mass is 35.5. The first-order valence-corrected chi connectivity index (χ1v) is 9.50. The molecule has 3 rings (SSSR count). The highest BCUT2D eigenvalue weighted by molar-refractivity contribution is 7.16. The van der Waals surface area contributed by atoms with E-state index in [-0.39, 0.29) is 6.42 Å². The van der Waals surface area contributed by atoms with E-state index in [4.69, 9.17) is 27.9 Å². The van der Waals surface area contributed by atoms with Crippen molar-refractivity contribution >= 4 is 51.4 Å². The lowest BCUT2D eigenvalue weighted by Crippen LogP contribution is -2.21. The minimum Gasteiger partial charge on any atom is -0.455 e. The highest BCUT2D eigenvalue weighted by Gasteiger charge is 2.23. The van der Waals surface area contributed by atoms with Crippen molar-refractivity contribution in [1.82, 2.24) is 0 Å². The van der Waals surface area contributed by atoms with Gasteiger partial charge in [-0.25, -0.2) is 0 Å². The smallest absolute Gasteiger partial charge is 0.310 e. The third-order valence-electron chi connectivity index (χ3n) is 4.03. The zero-order valence-corrected chi connectivity index (χ0v) is 15.9. The molecule has 0 saturated carbocycles. The van der Waals surface area contributed by atoms with E-state index in [9.17, 15) is 14.9 Å². The number of anilines is 1. The SMILES string of the molecule is N#Cc1c(NC(=O)COC(=O)Cc2c(Cl)cccc2Cl)sc2c1CCC2. The number of nitrogens with zero attached hydrogens (tertiary/aromatic N) is 1. The van der Waals surface area contributed by atoms with Gasteiger partial charge in [0.05, 0.1) is 12.0 Å². The van der Waals surface area contributed by atoms with Crippen molar-refractivity contribution in [2.75, 3.05) is 11.9 Å². The third kappa shape index (κ3) is 4.01. The summed E-state index contributed by atoms with van der Waals surface area (Å²) in [7, 11) is 0. The maximum Gasteiger partial charge on any atom is 0.310 e. The van der Waals surface area contributed by atoms with Gasteiger partial charge in [-0.15, -0.1) is 11.3 Å². The molecule has 1 aliphatic rings. The van der Waals surface area contributed by atoms with E-state index in [1.54, 1.807) is 18.2 Å². The molecule has 1 aromatic carbocycles. The Morgan fingerprint density at radius 1 is 1.27 bits per heavy atom. The van der Waals surface area contributed by atoms with Gasteiger partial charge in [0, 0.05) is 20.5 Å². The fraction of sp³-hybridized carbons (Fsp3) is 0.278. The van der Waals surface area contributed by atoms with Crippen molar-refractivity contribution in [1.29, 1.82) is 5.26 Å². The Kier molecular flexibility index (Phi) is 5.82. The van der Waals surface area contributed by atoms with Crippen molar-refractivity contribution in [2.24, 2.45) is 0 Å². The number of nitrogens with one attached hydrogen (secondary N) is 1. The Morgan fingerprint density at radius 3 is 2.69 bits per heavy atom. The summed E-state index contributed by atoms with van der Waals surface area (Å²) in [6.07, 6.45) is 2.70. The molecule has 0 saturated heterocycles. The molecule has 0 spiro atoms. The molecule has 5 nitrogen and oxygen atoms in total. The predicted molar refractivity (Wildman–Crippen MR) is 101 cm³/mol. The molecule has 0 unspecified atom stereocenters. The molecule has 1 aliphatic carbocycles. The Bertz CT molecular complexity index is 898. The first kappa shape index (κ1) is 18.7. The third-order valence-corrected chi connectivity index (χ3v) is 5.95. The van der Waals surface area contributed by atoms with Crippen LogP contribution in [0.3, 0.4) is 0 Å². The fourth-order valence-electron chi connectivity index (χ4n) is 2.82. The van der Waals surface area contributed by atoms with E-state index in [1.165, 1.54) is 11.3 Å². The molecule has 0 fully saturated rings. The minimum absolute atomic E-state index is 0.122. The Balaban J connectivity index is 1.56. The van der Waals surface area contributed by atoms with Crippen LogP contribution in [-0.4, -0.2) is 18.5 Å². The maximum atomic E-state index is 12.1. The van der Waals surface area contributed by atoms with Crippen LogP contribution in [0.2, 0.25) is 10.0 Å². The molecule has 0 bridgehead atoms. The second kappa shape index (κ2) is 8.09. The Labute approximate surface area is 164 Å². The van der Waals surface area contributed by atoms with Gasteiger partial charge in [0.25, 0.3) is 5.91 Å². The van der Waals surface area contributed by atoms with Crippen molar-refractivity contribution in [2.45, 2.75) is 25.7 Å². The van der Waals surface area contributed by atoms with Crippen LogP contribution in [0, 0.1) is 11.3 Å². The number of amides is 1. The molecule has 0 aliphatic heterocycles. The van der Waals surface area contributed by atoms with Crippen LogP contribution < -0.4 is 5.32 Å². The number of aryl methyl sites for hydroxylation is 1. The number of benzene rings is 1. The molecule has 0 radical (unpaired) electrons. The number of rotatable bonds is 5. The van der Waals surface area contributed by atoms with Gasteiger partial charge in [-0.1, -0.05) is 29.3 Å². The predicted octanol–water partition coefficient (Wildman–Crippen LogP) is 4.14. The van der Waals surface area contributed by atoms with Gasteiger partial charge in [-0.2, -0.15) is 5.26 Å². The Morgan fingerprint density at radius 2 is 2.00 bits per heavy atom. The topological polar surface area (TPSA) is 79.2 Å². The lowest BCUT2D eigenvalue weighted by atomic mass is 10.1. The highest BCUT2D eigenvalue weighted by Crippen LogP contribution is 2.38. The summed E-state index contributed by atoms with van der Waals surface area (Å²) in [5, 5.41) is 13.2. The molecular formula is C18H14Cl2N2O3S. The van der Waals surface area contributed by atoms with Crippen LogP contribution in [0.4, 0.5) is 5.00 Å². The van der Waals surface area contributed by atoms with Gasteiger partial charge >= 0.3 is 5.97 Å². The molecule has 1 heterocycles. The zero-order valence-electron chi connectivity index (χ0n) is 13.6. The van der Waals surface area contributed by atoms with E-state index in [0.717, 1.165) is 29.7 Å². The number of carbonyl (C=O) groups excluding carboxylic acids is 2. The molecular weight excluding hydrogens is 395 g/mol. The molecule has 8 heteroatoms. The van der Waals surface area contributed by atoms with E-state index in [0.29, 0.717) is 26.2 Å². The van der Waals surface area contributed by atoms with Crippen molar-refractivity contribution in [3.05, 3.63) is 49.8 Å². The number of hydrogen-bond acceptors (Lipinski definition) is 5.